The number of nitrogens with one attached hydrogen (secondary N) is 1. The van der Waals surface area contributed by atoms with Crippen molar-refractivity contribution in [1.82, 2.24) is 4.31 Å². The highest BCUT2D eigenvalue weighted by atomic mass is 32.2. The molecular formula is C21H23FN2O6S. The van der Waals surface area contributed by atoms with E-state index >= 15 is 0 Å². The molecule has 10 heteroatoms. The highest BCUT2D eigenvalue weighted by molar-refractivity contribution is 7.89. The summed E-state index contributed by atoms with van der Waals surface area (Å²) >= 11 is 0. The number of carbonyl (C=O) groups is 2. The molecule has 1 saturated heterocycles. The Morgan fingerprint density at radius 3 is 2.29 bits per heavy atom. The Labute approximate surface area is 180 Å². The van der Waals surface area contributed by atoms with E-state index in [2.05, 4.69) is 10.1 Å². The fourth-order valence-electron chi connectivity index (χ4n) is 3.36. The number of sulfonamides is 1. The third-order valence-electron chi connectivity index (χ3n) is 5.17. The summed E-state index contributed by atoms with van der Waals surface area (Å²) in [5.41, 5.74) is -0.0132. The number of anilines is 1. The van der Waals surface area contributed by atoms with Crippen LogP contribution in [0.15, 0.2) is 47.4 Å². The fourth-order valence-corrected chi connectivity index (χ4v) is 4.83. The molecule has 1 aliphatic heterocycles. The van der Waals surface area contributed by atoms with Crippen LogP contribution in [0.25, 0.3) is 0 Å². The molecule has 0 spiro atoms. The van der Waals surface area contributed by atoms with Crippen molar-refractivity contribution < 1.29 is 31.9 Å². The van der Waals surface area contributed by atoms with Gasteiger partial charge in [-0.15, -0.1) is 0 Å². The van der Waals surface area contributed by atoms with E-state index in [-0.39, 0.29) is 29.2 Å². The molecule has 1 fully saturated rings. The average Bonchev–Trinajstić information content (AvgIpc) is 2.80. The molecule has 0 aliphatic carbocycles. The van der Waals surface area contributed by atoms with Gasteiger partial charge in [0.15, 0.2) is 0 Å². The fraction of sp³-hybridized carbons (Fsp3) is 0.333. The molecule has 2 aromatic rings. The quantitative estimate of drug-likeness (QED) is 0.679. The minimum Gasteiger partial charge on any atom is -0.497 e. The lowest BCUT2D eigenvalue weighted by molar-refractivity contribution is -0.120. The van der Waals surface area contributed by atoms with Crippen molar-refractivity contribution in [1.29, 1.82) is 0 Å². The number of rotatable bonds is 6. The molecule has 1 amide bonds. The number of hydrogen-bond donors (Lipinski definition) is 1. The highest BCUT2D eigenvalue weighted by Gasteiger charge is 2.32. The first-order valence-corrected chi connectivity index (χ1v) is 11.0. The molecule has 166 valence electrons. The number of methoxy groups -OCH3 is 2. The Balaban J connectivity index is 1.64. The smallest absolute Gasteiger partial charge is 0.337 e. The van der Waals surface area contributed by atoms with Gasteiger partial charge in [-0.3, -0.25) is 4.79 Å². The van der Waals surface area contributed by atoms with E-state index < -0.39 is 33.6 Å². The van der Waals surface area contributed by atoms with E-state index in [9.17, 15) is 22.4 Å². The molecule has 0 aromatic heterocycles. The van der Waals surface area contributed by atoms with Crippen molar-refractivity contribution >= 4 is 27.6 Å². The first-order valence-electron chi connectivity index (χ1n) is 9.59. The Morgan fingerprint density at radius 1 is 1.06 bits per heavy atom. The molecule has 0 saturated carbocycles. The molecule has 31 heavy (non-hydrogen) atoms. The van der Waals surface area contributed by atoms with Crippen LogP contribution >= 0.6 is 0 Å². The van der Waals surface area contributed by atoms with Crippen molar-refractivity contribution in [3.63, 3.8) is 0 Å². The van der Waals surface area contributed by atoms with Gasteiger partial charge >= 0.3 is 5.97 Å². The molecule has 3 rings (SSSR count). The predicted octanol–water partition coefficient (Wildman–Crippen LogP) is 2.66. The summed E-state index contributed by atoms with van der Waals surface area (Å²) in [6.45, 7) is 0.328. The van der Waals surface area contributed by atoms with Crippen molar-refractivity contribution in [2.24, 2.45) is 5.92 Å². The van der Waals surface area contributed by atoms with Gasteiger partial charge in [0.05, 0.1) is 30.4 Å². The van der Waals surface area contributed by atoms with Crippen LogP contribution < -0.4 is 10.1 Å². The topological polar surface area (TPSA) is 102 Å². The van der Waals surface area contributed by atoms with Crippen molar-refractivity contribution in [3.05, 3.63) is 53.8 Å². The average molecular weight is 450 g/mol. The lowest BCUT2D eigenvalue weighted by Gasteiger charge is -2.30. The van der Waals surface area contributed by atoms with Crippen LogP contribution in [0, 0.1) is 11.7 Å². The number of nitrogens with zero attached hydrogens (tertiary/aromatic N) is 1. The van der Waals surface area contributed by atoms with E-state index in [4.69, 9.17) is 4.74 Å². The van der Waals surface area contributed by atoms with Crippen molar-refractivity contribution in [2.45, 2.75) is 17.7 Å². The zero-order valence-electron chi connectivity index (χ0n) is 17.1. The molecule has 2 aromatic carbocycles. The maximum Gasteiger partial charge on any atom is 0.337 e. The Morgan fingerprint density at radius 2 is 1.71 bits per heavy atom. The van der Waals surface area contributed by atoms with Gasteiger partial charge in [-0.1, -0.05) is 0 Å². The monoisotopic (exact) mass is 450 g/mol. The first kappa shape index (κ1) is 22.7. The van der Waals surface area contributed by atoms with Crippen molar-refractivity contribution in [3.8, 4) is 5.75 Å². The Hall–Kier alpha value is -2.98. The minimum absolute atomic E-state index is 0.111. The molecule has 0 bridgehead atoms. The number of piperidine rings is 1. The van der Waals surface area contributed by atoms with Gasteiger partial charge in [0, 0.05) is 19.0 Å². The normalized spacial score (nSPS) is 15.3. The molecule has 1 aliphatic rings. The number of benzene rings is 2. The second kappa shape index (κ2) is 9.44. The number of carbonyl (C=O) groups excluding carboxylic acids is 2. The Bertz CT molecular complexity index is 1060. The maximum absolute atomic E-state index is 14.1. The largest absolute Gasteiger partial charge is 0.497 e. The summed E-state index contributed by atoms with van der Waals surface area (Å²) in [7, 11) is -0.982. The third-order valence-corrected chi connectivity index (χ3v) is 7.08. The van der Waals surface area contributed by atoms with E-state index in [1.165, 1.54) is 42.8 Å². The van der Waals surface area contributed by atoms with Gasteiger partial charge in [0.2, 0.25) is 15.9 Å². The Kier molecular flexibility index (Phi) is 6.91. The molecule has 8 nitrogen and oxygen atoms in total. The number of hydrogen-bond acceptors (Lipinski definition) is 6. The van der Waals surface area contributed by atoms with Crippen LogP contribution in [0.4, 0.5) is 10.1 Å². The lowest BCUT2D eigenvalue weighted by atomic mass is 9.97. The van der Waals surface area contributed by atoms with Gasteiger partial charge < -0.3 is 14.8 Å². The summed E-state index contributed by atoms with van der Waals surface area (Å²) in [5, 5.41) is 2.49. The van der Waals surface area contributed by atoms with Gasteiger partial charge in [-0.2, -0.15) is 4.31 Å². The molecule has 0 unspecified atom stereocenters. The summed E-state index contributed by atoms with van der Waals surface area (Å²) in [6.07, 6.45) is 0.582. The van der Waals surface area contributed by atoms with Crippen molar-refractivity contribution in [2.75, 3.05) is 32.6 Å². The van der Waals surface area contributed by atoms with Crippen LogP contribution in [0.5, 0.6) is 5.75 Å². The van der Waals surface area contributed by atoms with Gasteiger partial charge in [-0.05, 0) is 55.3 Å². The SMILES string of the molecule is COC(=O)c1ccc(F)c(NC(=O)C2CCN(S(=O)(=O)c3ccc(OC)cc3)CC2)c1. The third kappa shape index (κ3) is 5.02. The molecule has 0 radical (unpaired) electrons. The van der Waals surface area contributed by atoms with Gasteiger partial charge in [0.1, 0.15) is 11.6 Å². The molecule has 0 atom stereocenters. The second-order valence-electron chi connectivity index (χ2n) is 7.03. The van der Waals surface area contributed by atoms with Gasteiger partial charge in [-0.25, -0.2) is 17.6 Å². The number of ether oxygens (including phenoxy) is 2. The van der Waals surface area contributed by atoms with E-state index in [1.54, 1.807) is 12.1 Å². The molecule has 1 N–H and O–H groups in total. The number of esters is 1. The minimum atomic E-state index is -3.69. The van der Waals surface area contributed by atoms with Crippen LogP contribution in [-0.2, 0) is 19.6 Å². The first-order chi connectivity index (χ1) is 14.8. The van der Waals surface area contributed by atoms with Crippen LogP contribution in [0.3, 0.4) is 0 Å². The number of amides is 1. The summed E-state index contributed by atoms with van der Waals surface area (Å²) in [4.78, 5) is 24.4. The number of halogens is 1. The highest BCUT2D eigenvalue weighted by Crippen LogP contribution is 2.26. The molecule has 1 heterocycles. The van der Waals surface area contributed by atoms with Gasteiger partial charge in [0.25, 0.3) is 0 Å². The van der Waals surface area contributed by atoms with E-state index in [1.807, 2.05) is 0 Å². The summed E-state index contributed by atoms with van der Waals surface area (Å²) < 4.78 is 50.7. The van der Waals surface area contributed by atoms with Crippen LogP contribution in [0.1, 0.15) is 23.2 Å². The lowest BCUT2D eigenvalue weighted by Crippen LogP contribution is -2.41. The van der Waals surface area contributed by atoms with E-state index in [0.717, 1.165) is 6.07 Å². The van der Waals surface area contributed by atoms with E-state index in [0.29, 0.717) is 18.6 Å². The second-order valence-corrected chi connectivity index (χ2v) is 8.97. The standard InChI is InChI=1S/C21H23FN2O6S/c1-29-16-4-6-17(7-5-16)31(27,28)24-11-9-14(10-12-24)20(25)23-19-13-15(21(26)30-2)3-8-18(19)22/h3-8,13-14H,9-12H2,1-2H3,(H,23,25). The zero-order valence-corrected chi connectivity index (χ0v) is 17.9. The summed E-state index contributed by atoms with van der Waals surface area (Å²) in [6, 6.07) is 9.65. The van der Waals surface area contributed by atoms with Crippen LogP contribution in [0.2, 0.25) is 0 Å². The predicted molar refractivity (Wildman–Crippen MR) is 111 cm³/mol. The molecular weight excluding hydrogens is 427 g/mol. The zero-order chi connectivity index (χ0) is 22.6. The maximum atomic E-state index is 14.1. The summed E-state index contributed by atoms with van der Waals surface area (Å²) in [5.74, 6) is -1.68. The van der Waals surface area contributed by atoms with Crippen LogP contribution in [-0.4, -0.2) is 51.9 Å².